The van der Waals surface area contributed by atoms with E-state index < -0.39 is 0 Å². The van der Waals surface area contributed by atoms with Gasteiger partial charge in [-0.15, -0.1) is 0 Å². The first-order chi connectivity index (χ1) is 9.31. The van der Waals surface area contributed by atoms with Crippen molar-refractivity contribution in [3.05, 3.63) is 71.8 Å². The Morgan fingerprint density at radius 3 is 1.89 bits per heavy atom. The maximum atomic E-state index is 5.69. The molecule has 0 unspecified atom stereocenters. The van der Waals surface area contributed by atoms with Crippen LogP contribution in [-0.4, -0.2) is 7.11 Å². The van der Waals surface area contributed by atoms with E-state index in [1.165, 1.54) is 5.56 Å². The Bertz CT molecular complexity index is 512. The summed E-state index contributed by atoms with van der Waals surface area (Å²) in [5.41, 5.74) is 3.43. The third kappa shape index (κ3) is 3.97. The molecule has 0 heterocycles. The average Bonchev–Trinajstić information content (AvgIpc) is 2.49. The molecular weight excluding hydrogens is 236 g/mol. The minimum absolute atomic E-state index is 0.604. The first-order valence-electron chi connectivity index (χ1n) is 6.24. The number of benzene rings is 2. The fourth-order valence-corrected chi connectivity index (χ4v) is 1.76. The zero-order chi connectivity index (χ0) is 13.5. The fourth-order valence-electron chi connectivity index (χ4n) is 1.76. The molecule has 0 atom stereocenters. The van der Waals surface area contributed by atoms with Gasteiger partial charge in [0.2, 0.25) is 0 Å². The van der Waals surface area contributed by atoms with Crippen molar-refractivity contribution in [1.82, 2.24) is 0 Å². The standard InChI is InChI=1S/C17H18O2/c1-3-14-4-6-15(7-5-14)12-19-13-16-8-10-17(18-2)11-9-16/h3-11H,1,12-13H2,2H3. The van der Waals surface area contributed by atoms with Gasteiger partial charge in [-0.1, -0.05) is 49.1 Å². The molecule has 2 aromatic carbocycles. The Balaban J connectivity index is 1.83. The molecule has 98 valence electrons. The molecule has 0 radical (unpaired) electrons. The normalized spacial score (nSPS) is 10.2. The highest BCUT2D eigenvalue weighted by Gasteiger charge is 1.97. The molecule has 0 aliphatic rings. The molecule has 0 bridgehead atoms. The molecule has 2 heteroatoms. The third-order valence-electron chi connectivity index (χ3n) is 2.91. The molecule has 0 saturated carbocycles. The summed E-state index contributed by atoms with van der Waals surface area (Å²) in [6.45, 7) is 4.95. The molecule has 19 heavy (non-hydrogen) atoms. The molecule has 0 fully saturated rings. The van der Waals surface area contributed by atoms with Crippen molar-refractivity contribution in [1.29, 1.82) is 0 Å². The minimum Gasteiger partial charge on any atom is -0.497 e. The van der Waals surface area contributed by atoms with Crippen molar-refractivity contribution in [2.45, 2.75) is 13.2 Å². The van der Waals surface area contributed by atoms with Crippen LogP contribution in [0.2, 0.25) is 0 Å². The van der Waals surface area contributed by atoms with Crippen molar-refractivity contribution in [3.8, 4) is 5.75 Å². The quantitative estimate of drug-likeness (QED) is 0.774. The molecule has 0 aliphatic heterocycles. The monoisotopic (exact) mass is 254 g/mol. The second-order valence-corrected chi connectivity index (χ2v) is 4.29. The van der Waals surface area contributed by atoms with E-state index in [0.717, 1.165) is 16.9 Å². The summed E-state index contributed by atoms with van der Waals surface area (Å²) < 4.78 is 10.8. The molecule has 0 spiro atoms. The molecule has 0 N–H and O–H groups in total. The highest BCUT2D eigenvalue weighted by molar-refractivity contribution is 5.47. The minimum atomic E-state index is 0.604. The van der Waals surface area contributed by atoms with E-state index in [4.69, 9.17) is 9.47 Å². The lowest BCUT2D eigenvalue weighted by Gasteiger charge is -2.06. The predicted molar refractivity (Wildman–Crippen MR) is 78.0 cm³/mol. The van der Waals surface area contributed by atoms with Crippen LogP contribution < -0.4 is 4.74 Å². The molecule has 2 rings (SSSR count). The maximum absolute atomic E-state index is 5.69. The van der Waals surface area contributed by atoms with Crippen LogP contribution >= 0.6 is 0 Å². The first-order valence-corrected chi connectivity index (χ1v) is 6.24. The van der Waals surface area contributed by atoms with E-state index in [1.54, 1.807) is 7.11 Å². The summed E-state index contributed by atoms with van der Waals surface area (Å²) in [6.07, 6.45) is 1.84. The maximum Gasteiger partial charge on any atom is 0.118 e. The van der Waals surface area contributed by atoms with Crippen molar-refractivity contribution >= 4 is 6.08 Å². The Hall–Kier alpha value is -2.06. The molecule has 0 aliphatic carbocycles. The van der Waals surface area contributed by atoms with Crippen LogP contribution in [0, 0.1) is 0 Å². The Morgan fingerprint density at radius 1 is 0.895 bits per heavy atom. The van der Waals surface area contributed by atoms with Crippen molar-refractivity contribution in [3.63, 3.8) is 0 Å². The fraction of sp³-hybridized carbons (Fsp3) is 0.176. The largest absolute Gasteiger partial charge is 0.497 e. The molecule has 0 aromatic heterocycles. The van der Waals surface area contributed by atoms with E-state index >= 15 is 0 Å². The molecule has 0 saturated heterocycles. The lowest BCUT2D eigenvalue weighted by atomic mass is 10.1. The Morgan fingerprint density at radius 2 is 1.42 bits per heavy atom. The van der Waals surface area contributed by atoms with Gasteiger partial charge < -0.3 is 9.47 Å². The van der Waals surface area contributed by atoms with Crippen LogP contribution in [0.1, 0.15) is 16.7 Å². The van der Waals surface area contributed by atoms with Gasteiger partial charge in [0.25, 0.3) is 0 Å². The number of rotatable bonds is 6. The Kier molecular flexibility index (Phi) is 4.76. The molecule has 2 nitrogen and oxygen atoms in total. The van der Waals surface area contributed by atoms with Gasteiger partial charge in [-0.3, -0.25) is 0 Å². The van der Waals surface area contributed by atoms with E-state index in [9.17, 15) is 0 Å². The van der Waals surface area contributed by atoms with Gasteiger partial charge in [0.15, 0.2) is 0 Å². The van der Waals surface area contributed by atoms with E-state index in [-0.39, 0.29) is 0 Å². The van der Waals surface area contributed by atoms with Gasteiger partial charge in [0.1, 0.15) is 5.75 Å². The number of methoxy groups -OCH3 is 1. The third-order valence-corrected chi connectivity index (χ3v) is 2.91. The SMILES string of the molecule is C=Cc1ccc(COCc2ccc(OC)cc2)cc1. The van der Waals surface area contributed by atoms with Crippen LogP contribution in [0.4, 0.5) is 0 Å². The van der Waals surface area contributed by atoms with Crippen LogP contribution in [0.5, 0.6) is 5.75 Å². The summed E-state index contributed by atoms with van der Waals surface area (Å²) in [5.74, 6) is 0.865. The van der Waals surface area contributed by atoms with Crippen LogP contribution in [0.3, 0.4) is 0 Å². The van der Waals surface area contributed by atoms with Crippen molar-refractivity contribution < 1.29 is 9.47 Å². The zero-order valence-corrected chi connectivity index (χ0v) is 11.1. The number of hydrogen-bond donors (Lipinski definition) is 0. The van der Waals surface area contributed by atoms with Gasteiger partial charge in [-0.2, -0.15) is 0 Å². The van der Waals surface area contributed by atoms with E-state index in [1.807, 2.05) is 42.5 Å². The number of hydrogen-bond acceptors (Lipinski definition) is 2. The smallest absolute Gasteiger partial charge is 0.118 e. The summed E-state index contributed by atoms with van der Waals surface area (Å²) in [5, 5.41) is 0. The average molecular weight is 254 g/mol. The summed E-state index contributed by atoms with van der Waals surface area (Å²) in [6, 6.07) is 16.1. The lowest BCUT2D eigenvalue weighted by molar-refractivity contribution is 0.107. The van der Waals surface area contributed by atoms with Gasteiger partial charge in [0, 0.05) is 0 Å². The van der Waals surface area contributed by atoms with Crippen LogP contribution in [0.15, 0.2) is 55.1 Å². The summed E-state index contributed by atoms with van der Waals surface area (Å²) in [4.78, 5) is 0. The van der Waals surface area contributed by atoms with Crippen LogP contribution in [-0.2, 0) is 18.0 Å². The van der Waals surface area contributed by atoms with E-state index in [2.05, 4.69) is 18.7 Å². The van der Waals surface area contributed by atoms with Crippen molar-refractivity contribution in [2.75, 3.05) is 7.11 Å². The molecule has 2 aromatic rings. The van der Waals surface area contributed by atoms with Gasteiger partial charge in [-0.25, -0.2) is 0 Å². The highest BCUT2D eigenvalue weighted by atomic mass is 16.5. The van der Waals surface area contributed by atoms with Crippen molar-refractivity contribution in [2.24, 2.45) is 0 Å². The first kappa shape index (κ1) is 13.4. The van der Waals surface area contributed by atoms with Gasteiger partial charge in [-0.05, 0) is 28.8 Å². The molecular formula is C17H18O2. The van der Waals surface area contributed by atoms with Gasteiger partial charge >= 0.3 is 0 Å². The Labute approximate surface area is 114 Å². The van der Waals surface area contributed by atoms with E-state index in [0.29, 0.717) is 13.2 Å². The topological polar surface area (TPSA) is 18.5 Å². The van der Waals surface area contributed by atoms with Crippen LogP contribution in [0.25, 0.3) is 6.08 Å². The summed E-state index contributed by atoms with van der Waals surface area (Å²) >= 11 is 0. The highest BCUT2D eigenvalue weighted by Crippen LogP contribution is 2.13. The zero-order valence-electron chi connectivity index (χ0n) is 11.1. The number of ether oxygens (including phenoxy) is 2. The molecule has 0 amide bonds. The second kappa shape index (κ2) is 6.76. The lowest BCUT2D eigenvalue weighted by Crippen LogP contribution is -1.94. The van der Waals surface area contributed by atoms with Gasteiger partial charge in [0.05, 0.1) is 20.3 Å². The predicted octanol–water partition coefficient (Wildman–Crippen LogP) is 4.06. The second-order valence-electron chi connectivity index (χ2n) is 4.29. The summed E-state index contributed by atoms with van der Waals surface area (Å²) in [7, 11) is 1.67.